The van der Waals surface area contributed by atoms with Crippen LogP contribution in [0.1, 0.15) is 20.7 Å². The molecule has 1 aliphatic heterocycles. The molecule has 0 saturated carbocycles. The highest BCUT2D eigenvalue weighted by molar-refractivity contribution is 6.08. The first-order valence-corrected chi connectivity index (χ1v) is 7.27. The van der Waals surface area contributed by atoms with E-state index in [1.165, 1.54) is 25.3 Å². The van der Waals surface area contributed by atoms with Crippen LogP contribution >= 0.6 is 0 Å². The number of fused-ring (bicyclic) bond motifs is 1. The number of anilines is 1. The highest BCUT2D eigenvalue weighted by atomic mass is 16.6. The number of nitrogens with two attached hydrogens (primary N) is 1. The maximum absolute atomic E-state index is 12.5. The van der Waals surface area contributed by atoms with Crippen molar-refractivity contribution in [1.29, 1.82) is 0 Å². The molecule has 2 aromatic carbocycles. The van der Waals surface area contributed by atoms with E-state index in [1.807, 2.05) is 0 Å². The summed E-state index contributed by atoms with van der Waals surface area (Å²) in [5.41, 5.74) is 6.24. The number of nitrogens with one attached hydrogen (secondary N) is 1. The quantitative estimate of drug-likeness (QED) is 0.892. The van der Waals surface area contributed by atoms with E-state index in [0.29, 0.717) is 36.1 Å². The lowest BCUT2D eigenvalue weighted by molar-refractivity contribution is 0.1000. The standard InChI is InChI=1S/C17H16N2O5/c1-22-13-4-2-10(16(18)20)8-12(13)17(21)19-11-3-5-14-15(9-11)24-7-6-23-14/h2-5,8-9H,6-7H2,1H3,(H2,18,20)(H,19,21). The number of benzene rings is 2. The Labute approximate surface area is 138 Å². The molecular weight excluding hydrogens is 312 g/mol. The van der Waals surface area contributed by atoms with Gasteiger partial charge in [0.25, 0.3) is 5.91 Å². The number of methoxy groups -OCH3 is 1. The van der Waals surface area contributed by atoms with Crippen molar-refractivity contribution in [2.24, 2.45) is 5.73 Å². The second-order valence-corrected chi connectivity index (χ2v) is 5.09. The van der Waals surface area contributed by atoms with Crippen molar-refractivity contribution in [2.75, 3.05) is 25.6 Å². The first-order valence-electron chi connectivity index (χ1n) is 7.27. The number of carbonyl (C=O) groups is 2. The van der Waals surface area contributed by atoms with Gasteiger partial charge >= 0.3 is 0 Å². The van der Waals surface area contributed by atoms with Gasteiger partial charge in [0.15, 0.2) is 11.5 Å². The van der Waals surface area contributed by atoms with Crippen molar-refractivity contribution in [3.8, 4) is 17.2 Å². The van der Waals surface area contributed by atoms with Gasteiger partial charge in [0.05, 0.1) is 12.7 Å². The number of rotatable bonds is 4. The number of hydrogen-bond acceptors (Lipinski definition) is 5. The zero-order valence-electron chi connectivity index (χ0n) is 13.0. The average molecular weight is 328 g/mol. The van der Waals surface area contributed by atoms with E-state index in [-0.39, 0.29) is 11.1 Å². The summed E-state index contributed by atoms with van der Waals surface area (Å²) >= 11 is 0. The minimum atomic E-state index is -0.619. The smallest absolute Gasteiger partial charge is 0.259 e. The van der Waals surface area contributed by atoms with Gasteiger partial charge in [-0.3, -0.25) is 9.59 Å². The first-order chi connectivity index (χ1) is 11.6. The molecule has 1 aliphatic rings. The molecule has 2 amide bonds. The van der Waals surface area contributed by atoms with Crippen LogP contribution in [-0.2, 0) is 0 Å². The Bertz CT molecular complexity index is 804. The number of hydrogen-bond donors (Lipinski definition) is 2. The molecule has 3 rings (SSSR count). The molecule has 0 spiro atoms. The maximum atomic E-state index is 12.5. The lowest BCUT2D eigenvalue weighted by Crippen LogP contribution is -2.18. The summed E-state index contributed by atoms with van der Waals surface area (Å²) < 4.78 is 16.1. The van der Waals surface area contributed by atoms with E-state index in [2.05, 4.69) is 5.32 Å². The van der Waals surface area contributed by atoms with Gasteiger partial charge in [-0.05, 0) is 30.3 Å². The van der Waals surface area contributed by atoms with Crippen LogP contribution in [0, 0.1) is 0 Å². The summed E-state index contributed by atoms with van der Waals surface area (Å²) in [7, 11) is 1.44. The maximum Gasteiger partial charge on any atom is 0.259 e. The average Bonchev–Trinajstić information content (AvgIpc) is 2.60. The number of amides is 2. The zero-order valence-corrected chi connectivity index (χ0v) is 13.0. The molecule has 0 aliphatic carbocycles. The van der Waals surface area contributed by atoms with Gasteiger partial charge in [-0.2, -0.15) is 0 Å². The topological polar surface area (TPSA) is 99.9 Å². The van der Waals surface area contributed by atoms with E-state index in [1.54, 1.807) is 18.2 Å². The van der Waals surface area contributed by atoms with Gasteiger partial charge in [-0.15, -0.1) is 0 Å². The normalized spacial score (nSPS) is 12.4. The second-order valence-electron chi connectivity index (χ2n) is 5.09. The van der Waals surface area contributed by atoms with Gasteiger partial charge in [0, 0.05) is 17.3 Å². The minimum Gasteiger partial charge on any atom is -0.496 e. The summed E-state index contributed by atoms with van der Waals surface area (Å²) in [6, 6.07) is 9.53. The van der Waals surface area contributed by atoms with Gasteiger partial charge in [-0.1, -0.05) is 0 Å². The summed E-state index contributed by atoms with van der Waals surface area (Å²) in [5.74, 6) is 0.497. The van der Waals surface area contributed by atoms with Crippen molar-refractivity contribution >= 4 is 17.5 Å². The molecule has 1 heterocycles. The molecule has 7 nitrogen and oxygen atoms in total. The molecule has 0 aromatic heterocycles. The number of ether oxygens (including phenoxy) is 3. The largest absolute Gasteiger partial charge is 0.496 e. The molecule has 124 valence electrons. The van der Waals surface area contributed by atoms with Crippen LogP contribution in [0.5, 0.6) is 17.2 Å². The summed E-state index contributed by atoms with van der Waals surface area (Å²) in [4.78, 5) is 23.8. The van der Waals surface area contributed by atoms with Crippen molar-refractivity contribution < 1.29 is 23.8 Å². The molecule has 3 N–H and O–H groups in total. The van der Waals surface area contributed by atoms with Gasteiger partial charge < -0.3 is 25.3 Å². The molecule has 2 aromatic rings. The van der Waals surface area contributed by atoms with Gasteiger partial charge in [0.2, 0.25) is 5.91 Å². The van der Waals surface area contributed by atoms with E-state index < -0.39 is 11.8 Å². The van der Waals surface area contributed by atoms with Gasteiger partial charge in [0.1, 0.15) is 19.0 Å². The fourth-order valence-electron chi connectivity index (χ4n) is 2.36. The lowest BCUT2D eigenvalue weighted by atomic mass is 10.1. The van der Waals surface area contributed by atoms with Crippen molar-refractivity contribution in [2.45, 2.75) is 0 Å². The lowest BCUT2D eigenvalue weighted by Gasteiger charge is -2.19. The predicted octanol–water partition coefficient (Wildman–Crippen LogP) is 1.82. The molecule has 0 bridgehead atoms. The van der Waals surface area contributed by atoms with E-state index in [0.717, 1.165) is 0 Å². The highest BCUT2D eigenvalue weighted by Crippen LogP contribution is 2.33. The molecule has 0 unspecified atom stereocenters. The Kier molecular flexibility index (Phi) is 4.24. The third-order valence-corrected chi connectivity index (χ3v) is 3.53. The van der Waals surface area contributed by atoms with E-state index in [4.69, 9.17) is 19.9 Å². The summed E-state index contributed by atoms with van der Waals surface area (Å²) in [6.45, 7) is 0.953. The molecule has 7 heteroatoms. The van der Waals surface area contributed by atoms with Crippen LogP contribution < -0.4 is 25.3 Å². The Morgan fingerprint density at radius 2 is 1.83 bits per heavy atom. The number of primary amides is 1. The Hall–Kier alpha value is -3.22. The first kappa shape index (κ1) is 15.7. The third kappa shape index (κ3) is 3.10. The van der Waals surface area contributed by atoms with Crippen LogP contribution in [0.2, 0.25) is 0 Å². The van der Waals surface area contributed by atoms with Crippen LogP contribution in [0.4, 0.5) is 5.69 Å². The Morgan fingerprint density at radius 1 is 1.08 bits per heavy atom. The number of carbonyl (C=O) groups excluding carboxylic acids is 2. The fraction of sp³-hybridized carbons (Fsp3) is 0.176. The van der Waals surface area contributed by atoms with Crippen molar-refractivity contribution in [3.05, 3.63) is 47.5 Å². The molecule has 0 fully saturated rings. The summed E-state index contributed by atoms with van der Waals surface area (Å²) in [6.07, 6.45) is 0. The van der Waals surface area contributed by atoms with Gasteiger partial charge in [-0.25, -0.2) is 0 Å². The van der Waals surface area contributed by atoms with E-state index >= 15 is 0 Å². The SMILES string of the molecule is COc1ccc(C(N)=O)cc1C(=O)Nc1ccc2c(c1)OCCO2. The fourth-order valence-corrected chi connectivity index (χ4v) is 2.36. The molecule has 0 atom stereocenters. The minimum absolute atomic E-state index is 0.212. The second kappa shape index (κ2) is 6.49. The molecule has 24 heavy (non-hydrogen) atoms. The Morgan fingerprint density at radius 3 is 2.54 bits per heavy atom. The molecule has 0 saturated heterocycles. The van der Waals surface area contributed by atoms with Crippen LogP contribution in [0.15, 0.2) is 36.4 Å². The summed E-state index contributed by atoms with van der Waals surface area (Å²) in [5, 5.41) is 2.74. The van der Waals surface area contributed by atoms with Crippen molar-refractivity contribution in [1.82, 2.24) is 0 Å². The van der Waals surface area contributed by atoms with Crippen molar-refractivity contribution in [3.63, 3.8) is 0 Å². The van der Waals surface area contributed by atoms with Crippen LogP contribution in [-0.4, -0.2) is 32.1 Å². The highest BCUT2D eigenvalue weighted by Gasteiger charge is 2.17. The van der Waals surface area contributed by atoms with Crippen LogP contribution in [0.25, 0.3) is 0 Å². The Balaban J connectivity index is 1.87. The zero-order chi connectivity index (χ0) is 17.1. The monoisotopic (exact) mass is 328 g/mol. The van der Waals surface area contributed by atoms with E-state index in [9.17, 15) is 9.59 Å². The molecular formula is C17H16N2O5. The van der Waals surface area contributed by atoms with Crippen LogP contribution in [0.3, 0.4) is 0 Å². The third-order valence-electron chi connectivity index (χ3n) is 3.53. The predicted molar refractivity (Wildman–Crippen MR) is 86.9 cm³/mol. The molecule has 0 radical (unpaired) electrons.